The zero-order valence-corrected chi connectivity index (χ0v) is 11.8. The minimum absolute atomic E-state index is 0.0356. The molecule has 0 heterocycles. The summed E-state index contributed by atoms with van der Waals surface area (Å²) in [6.07, 6.45) is 0.0473. The Balaban J connectivity index is 2.33. The molecule has 0 saturated carbocycles. The molecule has 2 rings (SSSR count). The van der Waals surface area contributed by atoms with E-state index in [2.05, 4.69) is 5.43 Å². The topological polar surface area (TPSA) is 38.0 Å². The highest BCUT2D eigenvalue weighted by Crippen LogP contribution is 2.26. The summed E-state index contributed by atoms with van der Waals surface area (Å²) >= 11 is 11.8. The van der Waals surface area contributed by atoms with Crippen LogP contribution in [0.25, 0.3) is 0 Å². The van der Waals surface area contributed by atoms with Gasteiger partial charge in [0.05, 0.1) is 6.04 Å². The maximum atomic E-state index is 13.7. The van der Waals surface area contributed by atoms with Crippen LogP contribution in [-0.4, -0.2) is 0 Å². The lowest BCUT2D eigenvalue weighted by Crippen LogP contribution is -2.30. The van der Waals surface area contributed by atoms with Crippen molar-refractivity contribution in [2.75, 3.05) is 0 Å². The second kappa shape index (κ2) is 6.50. The van der Waals surface area contributed by atoms with E-state index >= 15 is 0 Å². The first-order valence-corrected chi connectivity index (χ1v) is 6.62. The Morgan fingerprint density at radius 3 is 2.10 bits per heavy atom. The van der Waals surface area contributed by atoms with Crippen molar-refractivity contribution in [3.05, 3.63) is 69.2 Å². The van der Waals surface area contributed by atoms with E-state index in [0.717, 1.165) is 0 Å². The highest BCUT2D eigenvalue weighted by molar-refractivity contribution is 6.34. The van der Waals surface area contributed by atoms with E-state index in [4.69, 9.17) is 29.0 Å². The van der Waals surface area contributed by atoms with Gasteiger partial charge in [-0.25, -0.2) is 8.78 Å². The second-order valence-electron chi connectivity index (χ2n) is 4.33. The molecule has 3 N–H and O–H groups in total. The van der Waals surface area contributed by atoms with Gasteiger partial charge in [0.15, 0.2) is 0 Å². The van der Waals surface area contributed by atoms with Crippen LogP contribution in [0.4, 0.5) is 8.78 Å². The molecule has 0 saturated heterocycles. The Morgan fingerprint density at radius 2 is 1.60 bits per heavy atom. The number of hydrazine groups is 1. The summed E-state index contributed by atoms with van der Waals surface area (Å²) < 4.78 is 27.3. The first kappa shape index (κ1) is 15.2. The van der Waals surface area contributed by atoms with Gasteiger partial charge < -0.3 is 0 Å². The van der Waals surface area contributed by atoms with Crippen molar-refractivity contribution in [1.29, 1.82) is 0 Å². The summed E-state index contributed by atoms with van der Waals surface area (Å²) in [6.45, 7) is 0. The predicted octanol–water partition coefficient (Wildman–Crippen LogP) is 4.02. The van der Waals surface area contributed by atoms with Crippen LogP contribution < -0.4 is 11.3 Å². The van der Waals surface area contributed by atoms with Gasteiger partial charge in [0.1, 0.15) is 11.6 Å². The van der Waals surface area contributed by atoms with Crippen molar-refractivity contribution in [2.45, 2.75) is 12.5 Å². The Bertz CT molecular complexity index is 580. The van der Waals surface area contributed by atoms with Crippen molar-refractivity contribution in [1.82, 2.24) is 5.43 Å². The largest absolute Gasteiger partial charge is 0.271 e. The monoisotopic (exact) mass is 316 g/mol. The van der Waals surface area contributed by atoms with Crippen molar-refractivity contribution >= 4 is 23.2 Å². The van der Waals surface area contributed by atoms with Crippen LogP contribution in [-0.2, 0) is 6.42 Å². The molecule has 0 amide bonds. The molecule has 2 aromatic carbocycles. The molecule has 2 nitrogen and oxygen atoms in total. The molecule has 1 atom stereocenters. The fourth-order valence-corrected chi connectivity index (χ4v) is 2.52. The average molecular weight is 317 g/mol. The number of halogens is 4. The molecule has 6 heteroatoms. The molecule has 1 unspecified atom stereocenters. The molecule has 20 heavy (non-hydrogen) atoms. The van der Waals surface area contributed by atoms with Crippen LogP contribution in [0.2, 0.25) is 10.0 Å². The molecule has 0 bridgehead atoms. The van der Waals surface area contributed by atoms with Crippen LogP contribution >= 0.6 is 23.2 Å². The van der Waals surface area contributed by atoms with Crippen molar-refractivity contribution in [3.8, 4) is 0 Å². The van der Waals surface area contributed by atoms with Crippen LogP contribution in [0.15, 0.2) is 36.4 Å². The van der Waals surface area contributed by atoms with Gasteiger partial charge in [0, 0.05) is 15.6 Å². The molecular formula is C14H12Cl2F2N2. The van der Waals surface area contributed by atoms with Gasteiger partial charge in [-0.2, -0.15) is 0 Å². The molecule has 0 aliphatic heterocycles. The average Bonchev–Trinajstić information content (AvgIpc) is 2.37. The molecular weight excluding hydrogens is 305 g/mol. The number of nitrogens with one attached hydrogen (secondary N) is 1. The van der Waals surface area contributed by atoms with Crippen LogP contribution in [0.3, 0.4) is 0 Å². The number of hydrogen-bond acceptors (Lipinski definition) is 2. The van der Waals surface area contributed by atoms with Crippen LogP contribution in [0.1, 0.15) is 17.2 Å². The molecule has 0 aromatic heterocycles. The SMILES string of the molecule is NNC(Cc1c(F)cccc1F)c1cc(Cl)cc(Cl)c1. The van der Waals surface area contributed by atoms with Gasteiger partial charge in [0.25, 0.3) is 0 Å². The lowest BCUT2D eigenvalue weighted by Gasteiger charge is -2.18. The van der Waals surface area contributed by atoms with E-state index in [-0.39, 0.29) is 12.0 Å². The molecule has 0 fully saturated rings. The summed E-state index contributed by atoms with van der Waals surface area (Å²) in [7, 11) is 0. The van der Waals surface area contributed by atoms with Gasteiger partial charge in [0.2, 0.25) is 0 Å². The molecule has 0 spiro atoms. The Kier molecular flexibility index (Phi) is 4.94. The van der Waals surface area contributed by atoms with Crippen molar-refractivity contribution in [2.24, 2.45) is 5.84 Å². The van der Waals surface area contributed by atoms with E-state index in [0.29, 0.717) is 15.6 Å². The normalized spacial score (nSPS) is 12.4. The summed E-state index contributed by atoms with van der Waals surface area (Å²) in [5, 5.41) is 0.864. The summed E-state index contributed by atoms with van der Waals surface area (Å²) in [6, 6.07) is 8.10. The first-order valence-electron chi connectivity index (χ1n) is 5.86. The number of nitrogens with two attached hydrogens (primary N) is 1. The predicted molar refractivity (Wildman–Crippen MR) is 76.6 cm³/mol. The van der Waals surface area contributed by atoms with E-state index in [9.17, 15) is 8.78 Å². The van der Waals surface area contributed by atoms with E-state index in [1.165, 1.54) is 18.2 Å². The third kappa shape index (κ3) is 3.46. The molecule has 106 valence electrons. The minimum Gasteiger partial charge on any atom is -0.271 e. The van der Waals surface area contributed by atoms with Gasteiger partial charge in [-0.3, -0.25) is 11.3 Å². The maximum Gasteiger partial charge on any atom is 0.129 e. The lowest BCUT2D eigenvalue weighted by atomic mass is 9.98. The Morgan fingerprint density at radius 1 is 1.05 bits per heavy atom. The number of hydrogen-bond donors (Lipinski definition) is 2. The first-order chi connectivity index (χ1) is 9.51. The van der Waals surface area contributed by atoms with Gasteiger partial charge in [-0.1, -0.05) is 29.3 Å². The molecule has 2 aromatic rings. The smallest absolute Gasteiger partial charge is 0.129 e. The van der Waals surface area contributed by atoms with Gasteiger partial charge >= 0.3 is 0 Å². The van der Waals surface area contributed by atoms with Gasteiger partial charge in [-0.15, -0.1) is 0 Å². The fraction of sp³-hybridized carbons (Fsp3) is 0.143. The Labute approximate surface area is 125 Å². The molecule has 0 aliphatic rings. The zero-order valence-electron chi connectivity index (χ0n) is 10.3. The summed E-state index contributed by atoms with van der Waals surface area (Å²) in [5.41, 5.74) is 3.15. The summed E-state index contributed by atoms with van der Waals surface area (Å²) in [5.74, 6) is 4.25. The molecule has 0 aliphatic carbocycles. The van der Waals surface area contributed by atoms with Crippen molar-refractivity contribution < 1.29 is 8.78 Å². The maximum absolute atomic E-state index is 13.7. The number of benzene rings is 2. The quantitative estimate of drug-likeness (QED) is 0.660. The molecule has 0 radical (unpaired) electrons. The van der Waals surface area contributed by atoms with Crippen LogP contribution in [0, 0.1) is 11.6 Å². The standard InChI is InChI=1S/C14H12Cl2F2N2/c15-9-4-8(5-10(16)6-9)14(20-19)7-11-12(17)2-1-3-13(11)18/h1-6,14,20H,7,19H2. The third-order valence-corrected chi connectivity index (χ3v) is 3.39. The van der Waals surface area contributed by atoms with E-state index < -0.39 is 17.7 Å². The summed E-state index contributed by atoms with van der Waals surface area (Å²) in [4.78, 5) is 0. The highest BCUT2D eigenvalue weighted by Gasteiger charge is 2.17. The fourth-order valence-electron chi connectivity index (χ4n) is 1.98. The Hall–Kier alpha value is -1.20. The number of rotatable bonds is 4. The minimum atomic E-state index is -0.613. The van der Waals surface area contributed by atoms with Crippen LogP contribution in [0.5, 0.6) is 0 Å². The highest BCUT2D eigenvalue weighted by atomic mass is 35.5. The van der Waals surface area contributed by atoms with E-state index in [1.807, 2.05) is 0 Å². The third-order valence-electron chi connectivity index (χ3n) is 2.96. The van der Waals surface area contributed by atoms with E-state index in [1.54, 1.807) is 18.2 Å². The van der Waals surface area contributed by atoms with Gasteiger partial charge in [-0.05, 0) is 42.3 Å². The van der Waals surface area contributed by atoms with Crippen molar-refractivity contribution in [3.63, 3.8) is 0 Å². The second-order valence-corrected chi connectivity index (χ2v) is 5.20. The zero-order chi connectivity index (χ0) is 14.7. The lowest BCUT2D eigenvalue weighted by molar-refractivity contribution is 0.500.